The van der Waals surface area contributed by atoms with Crippen LogP contribution in [-0.2, 0) is 9.47 Å². The van der Waals surface area contributed by atoms with E-state index in [4.69, 9.17) is 30.5 Å². The van der Waals surface area contributed by atoms with Gasteiger partial charge in [-0.2, -0.15) is 0 Å². The van der Waals surface area contributed by atoms with Crippen molar-refractivity contribution >= 4 is 17.7 Å². The highest BCUT2D eigenvalue weighted by molar-refractivity contribution is 6.30. The zero-order valence-corrected chi connectivity index (χ0v) is 16.3. The molecule has 2 saturated heterocycles. The van der Waals surface area contributed by atoms with Gasteiger partial charge in [0.05, 0.1) is 26.3 Å². The zero-order chi connectivity index (χ0) is 18.7. The first-order valence-electron chi connectivity index (χ1n) is 8.95. The molecule has 0 N–H and O–H groups in total. The Morgan fingerprint density at radius 1 is 1.31 bits per heavy atom. The molecule has 6 nitrogen and oxygen atoms in total. The molecule has 26 heavy (non-hydrogen) atoms. The summed E-state index contributed by atoms with van der Waals surface area (Å²) in [5.41, 5.74) is -0.499. The van der Waals surface area contributed by atoms with Crippen molar-refractivity contribution in [2.75, 3.05) is 32.9 Å². The second-order valence-corrected chi connectivity index (χ2v) is 8.19. The van der Waals surface area contributed by atoms with Gasteiger partial charge in [0.15, 0.2) is 11.5 Å². The molecule has 0 aromatic heterocycles. The van der Waals surface area contributed by atoms with E-state index in [2.05, 4.69) is 0 Å². The Hall–Kier alpha value is -1.66. The maximum absolute atomic E-state index is 12.0. The second kappa shape index (κ2) is 7.92. The molecule has 1 amide bonds. The minimum Gasteiger partial charge on any atom is -0.489 e. The summed E-state index contributed by atoms with van der Waals surface area (Å²) < 4.78 is 22.6. The van der Waals surface area contributed by atoms with Crippen LogP contribution in [0, 0.1) is 5.92 Å². The molecule has 0 aliphatic carbocycles. The molecule has 144 valence electrons. The van der Waals surface area contributed by atoms with Crippen LogP contribution >= 0.6 is 11.6 Å². The Labute approximate surface area is 159 Å². The number of halogens is 1. The van der Waals surface area contributed by atoms with Gasteiger partial charge in [-0.25, -0.2) is 4.79 Å². The van der Waals surface area contributed by atoms with Crippen LogP contribution in [0.2, 0.25) is 5.02 Å². The highest BCUT2D eigenvalue weighted by atomic mass is 35.5. The average Bonchev–Trinajstić information content (AvgIpc) is 3.01. The van der Waals surface area contributed by atoms with Crippen LogP contribution in [0.4, 0.5) is 4.79 Å². The lowest BCUT2D eigenvalue weighted by Crippen LogP contribution is -2.57. The van der Waals surface area contributed by atoms with Gasteiger partial charge >= 0.3 is 6.09 Å². The SMILES string of the molecule is CC(C)(C)OC(=O)N1CC(Oc2cc(Cl)ccc2OCC2CCOC2)C1. The first kappa shape index (κ1) is 19.1. The molecule has 1 unspecified atom stereocenters. The van der Waals surface area contributed by atoms with Gasteiger partial charge < -0.3 is 23.8 Å². The molecule has 2 aliphatic rings. The predicted octanol–water partition coefficient (Wildman–Crippen LogP) is 3.75. The van der Waals surface area contributed by atoms with Crippen molar-refractivity contribution in [2.45, 2.75) is 38.9 Å². The largest absolute Gasteiger partial charge is 0.489 e. The topological polar surface area (TPSA) is 57.2 Å². The molecule has 1 atom stereocenters. The quantitative estimate of drug-likeness (QED) is 0.775. The summed E-state index contributed by atoms with van der Waals surface area (Å²) in [6.45, 7) is 8.64. The second-order valence-electron chi connectivity index (χ2n) is 7.76. The maximum Gasteiger partial charge on any atom is 0.410 e. The highest BCUT2D eigenvalue weighted by Crippen LogP contribution is 2.33. The first-order valence-corrected chi connectivity index (χ1v) is 9.32. The van der Waals surface area contributed by atoms with Crippen LogP contribution < -0.4 is 9.47 Å². The number of nitrogens with zero attached hydrogens (tertiary/aromatic N) is 1. The van der Waals surface area contributed by atoms with Gasteiger partial charge in [0, 0.05) is 23.6 Å². The molecule has 3 rings (SSSR count). The number of carbonyl (C=O) groups excluding carboxylic acids is 1. The van der Waals surface area contributed by atoms with Crippen LogP contribution in [0.5, 0.6) is 11.5 Å². The zero-order valence-electron chi connectivity index (χ0n) is 15.5. The summed E-state index contributed by atoms with van der Waals surface area (Å²) in [5, 5.41) is 0.583. The molecule has 2 fully saturated rings. The molecular formula is C19H26ClNO5. The molecule has 0 bridgehead atoms. The third-order valence-corrected chi connectivity index (χ3v) is 4.43. The lowest BCUT2D eigenvalue weighted by Gasteiger charge is -2.39. The minimum atomic E-state index is -0.499. The first-order chi connectivity index (χ1) is 12.3. The summed E-state index contributed by atoms with van der Waals surface area (Å²) in [5.74, 6) is 1.67. The van der Waals surface area contributed by atoms with E-state index in [1.807, 2.05) is 26.8 Å². The Kier molecular flexibility index (Phi) is 5.82. The van der Waals surface area contributed by atoms with Gasteiger partial charge in [-0.15, -0.1) is 0 Å². The predicted molar refractivity (Wildman–Crippen MR) is 98.1 cm³/mol. The van der Waals surface area contributed by atoms with Crippen LogP contribution in [-0.4, -0.2) is 55.6 Å². The van der Waals surface area contributed by atoms with Crippen molar-refractivity contribution < 1.29 is 23.7 Å². The lowest BCUT2D eigenvalue weighted by atomic mass is 10.1. The van der Waals surface area contributed by atoms with E-state index < -0.39 is 5.60 Å². The van der Waals surface area contributed by atoms with Crippen molar-refractivity contribution in [3.8, 4) is 11.5 Å². The van der Waals surface area contributed by atoms with E-state index in [0.29, 0.717) is 42.1 Å². The summed E-state index contributed by atoms with van der Waals surface area (Å²) >= 11 is 6.10. The molecule has 0 saturated carbocycles. The number of carbonyl (C=O) groups is 1. The van der Waals surface area contributed by atoms with E-state index in [0.717, 1.165) is 19.6 Å². The van der Waals surface area contributed by atoms with E-state index in [1.54, 1.807) is 17.0 Å². The third-order valence-electron chi connectivity index (χ3n) is 4.20. The summed E-state index contributed by atoms with van der Waals surface area (Å²) in [6.07, 6.45) is 0.594. The van der Waals surface area contributed by atoms with Crippen LogP contribution in [0.25, 0.3) is 0 Å². The van der Waals surface area contributed by atoms with Gasteiger partial charge in [-0.3, -0.25) is 0 Å². The normalized spacial score (nSPS) is 20.6. The highest BCUT2D eigenvalue weighted by Gasteiger charge is 2.35. The fraction of sp³-hybridized carbons (Fsp3) is 0.632. The number of amides is 1. The van der Waals surface area contributed by atoms with E-state index in [1.165, 1.54) is 0 Å². The fourth-order valence-corrected chi connectivity index (χ4v) is 2.95. The average molecular weight is 384 g/mol. The number of benzene rings is 1. The molecule has 7 heteroatoms. The molecule has 0 radical (unpaired) electrons. The van der Waals surface area contributed by atoms with E-state index >= 15 is 0 Å². The molecule has 0 spiro atoms. The molecule has 1 aromatic carbocycles. The summed E-state index contributed by atoms with van der Waals surface area (Å²) in [7, 11) is 0. The van der Waals surface area contributed by atoms with Gasteiger partial charge in [-0.1, -0.05) is 11.6 Å². The van der Waals surface area contributed by atoms with Crippen molar-refractivity contribution in [3.05, 3.63) is 23.2 Å². The van der Waals surface area contributed by atoms with Crippen molar-refractivity contribution in [3.63, 3.8) is 0 Å². The Balaban J connectivity index is 1.53. The van der Waals surface area contributed by atoms with Crippen molar-refractivity contribution in [1.82, 2.24) is 4.90 Å². The summed E-state index contributed by atoms with van der Waals surface area (Å²) in [4.78, 5) is 13.6. The van der Waals surface area contributed by atoms with Gasteiger partial charge in [0.25, 0.3) is 0 Å². The van der Waals surface area contributed by atoms with Crippen LogP contribution in [0.1, 0.15) is 27.2 Å². The van der Waals surface area contributed by atoms with Gasteiger partial charge in [0.2, 0.25) is 0 Å². The molecular weight excluding hydrogens is 358 g/mol. The Morgan fingerprint density at radius 2 is 2.08 bits per heavy atom. The van der Waals surface area contributed by atoms with Crippen LogP contribution in [0.3, 0.4) is 0 Å². The summed E-state index contributed by atoms with van der Waals surface area (Å²) in [6, 6.07) is 5.35. The minimum absolute atomic E-state index is 0.0989. The molecule has 2 aliphatic heterocycles. The van der Waals surface area contributed by atoms with Crippen molar-refractivity contribution in [2.24, 2.45) is 5.92 Å². The number of likely N-dealkylation sites (tertiary alicyclic amines) is 1. The maximum atomic E-state index is 12.0. The number of rotatable bonds is 5. The smallest absolute Gasteiger partial charge is 0.410 e. The van der Waals surface area contributed by atoms with Crippen molar-refractivity contribution in [1.29, 1.82) is 0 Å². The lowest BCUT2D eigenvalue weighted by molar-refractivity contribution is -0.0228. The monoisotopic (exact) mass is 383 g/mol. The number of ether oxygens (including phenoxy) is 4. The standard InChI is InChI=1S/C19H26ClNO5/c1-19(2,3)26-18(22)21-9-15(10-21)25-17-8-14(20)4-5-16(17)24-12-13-6-7-23-11-13/h4-5,8,13,15H,6-7,9-12H2,1-3H3. The number of hydrogen-bond donors (Lipinski definition) is 0. The van der Waals surface area contributed by atoms with Crippen LogP contribution in [0.15, 0.2) is 18.2 Å². The van der Waals surface area contributed by atoms with E-state index in [9.17, 15) is 4.79 Å². The number of hydrogen-bond acceptors (Lipinski definition) is 5. The van der Waals surface area contributed by atoms with Gasteiger partial charge in [-0.05, 0) is 39.3 Å². The molecule has 2 heterocycles. The molecule has 1 aromatic rings. The Bertz CT molecular complexity index is 633. The van der Waals surface area contributed by atoms with Gasteiger partial charge in [0.1, 0.15) is 11.7 Å². The fourth-order valence-electron chi connectivity index (χ4n) is 2.78. The van der Waals surface area contributed by atoms with E-state index in [-0.39, 0.29) is 12.2 Å². The third kappa shape index (κ3) is 5.17. The Morgan fingerprint density at radius 3 is 2.73 bits per heavy atom.